The van der Waals surface area contributed by atoms with Gasteiger partial charge in [0.1, 0.15) is 10.7 Å². The largest absolute Gasteiger partial charge is 0.478 e. The van der Waals surface area contributed by atoms with E-state index < -0.39 is 5.97 Å². The van der Waals surface area contributed by atoms with Crippen LogP contribution < -0.4 is 5.56 Å². The standard InChI is InChI=1S/C21H22N2O3S/c1-2-6-17-22-19-18(15-9-3-4-10-16(15)27-19)20(24)23(17)12-13-7-5-8-14(11-13)21(25)26/h5,7-8,11H,2-4,6,9-10,12H2,1H3,(H,25,26). The lowest BCUT2D eigenvalue weighted by Crippen LogP contribution is -2.26. The summed E-state index contributed by atoms with van der Waals surface area (Å²) >= 11 is 1.67. The molecule has 0 unspecified atom stereocenters. The maximum absolute atomic E-state index is 13.4. The minimum absolute atomic E-state index is 0.0172. The number of aromatic carboxylic acids is 1. The van der Waals surface area contributed by atoms with Crippen LogP contribution in [0.4, 0.5) is 0 Å². The van der Waals surface area contributed by atoms with Crippen LogP contribution in [0.5, 0.6) is 0 Å². The number of hydrogen-bond acceptors (Lipinski definition) is 4. The summed E-state index contributed by atoms with van der Waals surface area (Å²) in [5.41, 5.74) is 2.25. The second-order valence-corrected chi connectivity index (χ2v) is 8.15. The molecule has 0 bridgehead atoms. The molecule has 1 aromatic carbocycles. The van der Waals surface area contributed by atoms with Crippen molar-refractivity contribution in [1.29, 1.82) is 0 Å². The van der Waals surface area contributed by atoms with Crippen molar-refractivity contribution in [1.82, 2.24) is 9.55 Å². The van der Waals surface area contributed by atoms with Crippen LogP contribution in [0.2, 0.25) is 0 Å². The van der Waals surface area contributed by atoms with Gasteiger partial charge in [-0.2, -0.15) is 0 Å². The number of hydrogen-bond donors (Lipinski definition) is 1. The highest BCUT2D eigenvalue weighted by atomic mass is 32.1. The maximum atomic E-state index is 13.4. The van der Waals surface area contributed by atoms with Crippen LogP contribution in [0.3, 0.4) is 0 Å². The van der Waals surface area contributed by atoms with E-state index in [-0.39, 0.29) is 11.1 Å². The number of fused-ring (bicyclic) bond motifs is 3. The third-order valence-electron chi connectivity index (χ3n) is 5.14. The molecule has 5 nitrogen and oxygen atoms in total. The van der Waals surface area contributed by atoms with E-state index in [2.05, 4.69) is 6.92 Å². The molecular formula is C21H22N2O3S. The van der Waals surface area contributed by atoms with Gasteiger partial charge in [-0.05, 0) is 55.4 Å². The lowest BCUT2D eigenvalue weighted by Gasteiger charge is -2.14. The van der Waals surface area contributed by atoms with Crippen molar-refractivity contribution in [3.05, 3.63) is 62.0 Å². The normalized spacial score (nSPS) is 13.7. The van der Waals surface area contributed by atoms with Crippen molar-refractivity contribution in [2.45, 2.75) is 52.0 Å². The van der Waals surface area contributed by atoms with Crippen LogP contribution in [0.1, 0.15) is 58.4 Å². The lowest BCUT2D eigenvalue weighted by atomic mass is 9.97. The second kappa shape index (κ2) is 7.27. The van der Waals surface area contributed by atoms with E-state index >= 15 is 0 Å². The third kappa shape index (κ3) is 3.30. The first kappa shape index (κ1) is 17.9. The van der Waals surface area contributed by atoms with Gasteiger partial charge in [0.25, 0.3) is 5.56 Å². The third-order valence-corrected chi connectivity index (χ3v) is 6.33. The molecule has 1 N–H and O–H groups in total. The minimum Gasteiger partial charge on any atom is -0.478 e. The van der Waals surface area contributed by atoms with Gasteiger partial charge in [-0.15, -0.1) is 11.3 Å². The Labute approximate surface area is 161 Å². The maximum Gasteiger partial charge on any atom is 0.335 e. The van der Waals surface area contributed by atoms with E-state index in [0.717, 1.165) is 53.7 Å². The monoisotopic (exact) mass is 382 g/mol. The highest BCUT2D eigenvalue weighted by Crippen LogP contribution is 2.34. The van der Waals surface area contributed by atoms with Crippen LogP contribution in [0.25, 0.3) is 10.2 Å². The molecule has 1 aliphatic rings. The number of carbonyl (C=O) groups is 1. The van der Waals surface area contributed by atoms with Crippen LogP contribution in [0.15, 0.2) is 29.1 Å². The summed E-state index contributed by atoms with van der Waals surface area (Å²) in [7, 11) is 0. The summed E-state index contributed by atoms with van der Waals surface area (Å²) in [4.78, 5) is 31.7. The van der Waals surface area contributed by atoms with Crippen LogP contribution in [0, 0.1) is 0 Å². The Morgan fingerprint density at radius 1 is 1.30 bits per heavy atom. The van der Waals surface area contributed by atoms with Crippen molar-refractivity contribution in [3.8, 4) is 0 Å². The van der Waals surface area contributed by atoms with Gasteiger partial charge in [0.15, 0.2) is 0 Å². The van der Waals surface area contributed by atoms with E-state index in [1.54, 1.807) is 34.1 Å². The van der Waals surface area contributed by atoms with E-state index in [1.165, 1.54) is 16.9 Å². The van der Waals surface area contributed by atoms with Crippen LogP contribution in [-0.4, -0.2) is 20.6 Å². The van der Waals surface area contributed by atoms with Crippen molar-refractivity contribution >= 4 is 27.5 Å². The van der Waals surface area contributed by atoms with Gasteiger partial charge in [-0.3, -0.25) is 9.36 Å². The zero-order valence-electron chi connectivity index (χ0n) is 15.3. The van der Waals surface area contributed by atoms with Crippen LogP contribution >= 0.6 is 11.3 Å². The summed E-state index contributed by atoms with van der Waals surface area (Å²) in [6, 6.07) is 6.79. The minimum atomic E-state index is -0.960. The number of benzene rings is 1. The Morgan fingerprint density at radius 3 is 2.89 bits per heavy atom. The van der Waals surface area contributed by atoms with E-state index in [4.69, 9.17) is 4.98 Å². The number of aryl methyl sites for hydroxylation is 3. The fourth-order valence-electron chi connectivity index (χ4n) is 3.84. The summed E-state index contributed by atoms with van der Waals surface area (Å²) < 4.78 is 1.74. The average molecular weight is 382 g/mol. The Balaban J connectivity index is 1.86. The number of aromatic nitrogens is 2. The van der Waals surface area contributed by atoms with Gasteiger partial charge in [0.05, 0.1) is 17.5 Å². The molecule has 1 aliphatic carbocycles. The molecule has 2 heterocycles. The van der Waals surface area contributed by atoms with Gasteiger partial charge in [0, 0.05) is 11.3 Å². The van der Waals surface area contributed by atoms with Crippen molar-refractivity contribution in [2.75, 3.05) is 0 Å². The molecule has 0 amide bonds. The van der Waals surface area contributed by atoms with E-state index in [1.807, 2.05) is 6.07 Å². The number of carboxylic acid groups (broad SMARTS) is 1. The van der Waals surface area contributed by atoms with Gasteiger partial charge >= 0.3 is 5.97 Å². The number of carboxylic acids is 1. The highest BCUT2D eigenvalue weighted by molar-refractivity contribution is 7.18. The molecule has 140 valence electrons. The molecule has 4 rings (SSSR count). The highest BCUT2D eigenvalue weighted by Gasteiger charge is 2.22. The first-order valence-electron chi connectivity index (χ1n) is 9.44. The molecule has 0 spiro atoms. The average Bonchev–Trinajstić information content (AvgIpc) is 3.03. The predicted molar refractivity (Wildman–Crippen MR) is 107 cm³/mol. The van der Waals surface area contributed by atoms with Crippen molar-refractivity contribution in [2.24, 2.45) is 0 Å². The topological polar surface area (TPSA) is 72.2 Å². The van der Waals surface area contributed by atoms with E-state index in [0.29, 0.717) is 6.54 Å². The number of rotatable bonds is 5. The van der Waals surface area contributed by atoms with Gasteiger partial charge in [-0.1, -0.05) is 19.1 Å². The summed E-state index contributed by atoms with van der Waals surface area (Å²) in [6.45, 7) is 2.42. The molecule has 0 atom stereocenters. The van der Waals surface area contributed by atoms with Gasteiger partial charge in [0.2, 0.25) is 0 Å². The lowest BCUT2D eigenvalue weighted by molar-refractivity contribution is 0.0696. The molecule has 2 aromatic heterocycles. The molecule has 0 radical (unpaired) electrons. The zero-order valence-corrected chi connectivity index (χ0v) is 16.1. The Kier molecular flexibility index (Phi) is 4.83. The summed E-state index contributed by atoms with van der Waals surface area (Å²) in [5, 5.41) is 10.0. The zero-order chi connectivity index (χ0) is 19.0. The molecule has 27 heavy (non-hydrogen) atoms. The Morgan fingerprint density at radius 2 is 2.11 bits per heavy atom. The SMILES string of the molecule is CCCc1nc2sc3c(c2c(=O)n1Cc1cccc(C(=O)O)c1)CCCC3. The molecule has 0 saturated carbocycles. The van der Waals surface area contributed by atoms with E-state index in [9.17, 15) is 14.7 Å². The van der Waals surface area contributed by atoms with Crippen LogP contribution in [-0.2, 0) is 25.8 Å². The fraction of sp³-hybridized carbons (Fsp3) is 0.381. The second-order valence-electron chi connectivity index (χ2n) is 7.07. The Bertz CT molecular complexity index is 1080. The van der Waals surface area contributed by atoms with Gasteiger partial charge in [-0.25, -0.2) is 9.78 Å². The Hall–Kier alpha value is -2.47. The molecule has 0 fully saturated rings. The van der Waals surface area contributed by atoms with Crippen molar-refractivity contribution in [3.63, 3.8) is 0 Å². The predicted octanol–water partition coefficient (Wildman–Crippen LogP) is 4.04. The smallest absolute Gasteiger partial charge is 0.335 e. The quantitative estimate of drug-likeness (QED) is 0.723. The number of nitrogens with zero attached hydrogens (tertiary/aromatic N) is 2. The first-order valence-corrected chi connectivity index (χ1v) is 10.3. The first-order chi connectivity index (χ1) is 13.1. The molecule has 0 aliphatic heterocycles. The summed E-state index contributed by atoms with van der Waals surface area (Å²) in [5.74, 6) is -0.173. The summed E-state index contributed by atoms with van der Waals surface area (Å²) in [6.07, 6.45) is 5.92. The van der Waals surface area contributed by atoms with Gasteiger partial charge < -0.3 is 5.11 Å². The molecular weight excluding hydrogens is 360 g/mol. The molecule has 6 heteroatoms. The molecule has 0 saturated heterocycles. The molecule has 3 aromatic rings. The fourth-order valence-corrected chi connectivity index (χ4v) is 5.11. The number of thiophene rings is 1. The van der Waals surface area contributed by atoms with Crippen molar-refractivity contribution < 1.29 is 9.90 Å².